The lowest BCUT2D eigenvalue weighted by Crippen LogP contribution is -2.30. The number of carbonyl (C=O) groups excluding carboxylic acids is 2. The maximum atomic E-state index is 12.3. The van der Waals surface area contributed by atoms with Crippen LogP contribution in [0.15, 0.2) is 24.3 Å². The minimum Gasteiger partial charge on any atom is -0.274 e. The Morgan fingerprint density at radius 3 is 1.94 bits per heavy atom. The summed E-state index contributed by atoms with van der Waals surface area (Å²) in [6.07, 6.45) is 3.88. The van der Waals surface area contributed by atoms with E-state index in [1.807, 2.05) is 24.3 Å². The summed E-state index contributed by atoms with van der Waals surface area (Å²) < 4.78 is 1.10. The Balaban J connectivity index is 1.95. The zero-order chi connectivity index (χ0) is 12.7. The first-order valence-corrected chi connectivity index (χ1v) is 7.40. The molecule has 3 nitrogen and oxygen atoms in total. The van der Waals surface area contributed by atoms with Gasteiger partial charge < -0.3 is 0 Å². The molecule has 2 unspecified atom stereocenters. The number of rotatable bonds is 1. The molecule has 0 N–H and O–H groups in total. The molecule has 0 spiro atoms. The standard InChI is InChI=1S/C14H14INO2/c15-9-5-7-10(8-6-9)16-13(17)11-3-1-2-4-12(11)14(16)18/h5-8,11-12H,1-4H2. The van der Waals surface area contributed by atoms with E-state index in [1.54, 1.807) is 0 Å². The highest BCUT2D eigenvalue weighted by molar-refractivity contribution is 14.1. The third kappa shape index (κ3) is 1.86. The van der Waals surface area contributed by atoms with Crippen LogP contribution in [0.1, 0.15) is 25.7 Å². The van der Waals surface area contributed by atoms with Gasteiger partial charge in [0.05, 0.1) is 17.5 Å². The number of benzene rings is 1. The van der Waals surface area contributed by atoms with Crippen molar-refractivity contribution in [1.29, 1.82) is 0 Å². The van der Waals surface area contributed by atoms with E-state index in [4.69, 9.17) is 0 Å². The largest absolute Gasteiger partial charge is 0.274 e. The molecule has 1 aliphatic heterocycles. The summed E-state index contributed by atoms with van der Waals surface area (Å²) in [5, 5.41) is 0. The molecule has 0 radical (unpaired) electrons. The monoisotopic (exact) mass is 355 g/mol. The molecule has 0 aromatic heterocycles. The van der Waals surface area contributed by atoms with Crippen molar-refractivity contribution in [3.63, 3.8) is 0 Å². The van der Waals surface area contributed by atoms with Crippen molar-refractivity contribution in [2.24, 2.45) is 11.8 Å². The Hall–Kier alpha value is -0.910. The SMILES string of the molecule is O=C1C2CCCCC2C(=O)N1c1ccc(I)cc1. The van der Waals surface area contributed by atoms with Crippen molar-refractivity contribution < 1.29 is 9.59 Å². The zero-order valence-electron chi connectivity index (χ0n) is 9.93. The molecule has 94 valence electrons. The summed E-state index contributed by atoms with van der Waals surface area (Å²) >= 11 is 2.21. The van der Waals surface area contributed by atoms with Crippen molar-refractivity contribution in [2.45, 2.75) is 25.7 Å². The van der Waals surface area contributed by atoms with Crippen LogP contribution in [0, 0.1) is 15.4 Å². The second-order valence-electron chi connectivity index (χ2n) is 4.99. The predicted octanol–water partition coefficient (Wildman–Crippen LogP) is 2.97. The fraction of sp³-hybridized carbons (Fsp3) is 0.429. The van der Waals surface area contributed by atoms with Gasteiger partial charge in [0.1, 0.15) is 0 Å². The summed E-state index contributed by atoms with van der Waals surface area (Å²) in [7, 11) is 0. The van der Waals surface area contributed by atoms with Gasteiger partial charge in [0, 0.05) is 3.57 Å². The van der Waals surface area contributed by atoms with Gasteiger partial charge in [-0.3, -0.25) is 14.5 Å². The predicted molar refractivity (Wildman–Crippen MR) is 77.1 cm³/mol. The van der Waals surface area contributed by atoms with Gasteiger partial charge in [-0.05, 0) is 59.7 Å². The molecule has 2 fully saturated rings. The second kappa shape index (κ2) is 4.64. The smallest absolute Gasteiger partial charge is 0.237 e. The van der Waals surface area contributed by atoms with E-state index in [2.05, 4.69) is 22.6 Å². The van der Waals surface area contributed by atoms with Crippen LogP contribution in [0.5, 0.6) is 0 Å². The fourth-order valence-corrected chi connectivity index (χ4v) is 3.37. The molecule has 3 rings (SSSR count). The van der Waals surface area contributed by atoms with Crippen LogP contribution in [0.2, 0.25) is 0 Å². The van der Waals surface area contributed by atoms with Crippen molar-refractivity contribution in [3.05, 3.63) is 27.8 Å². The minimum atomic E-state index is -0.0643. The lowest BCUT2D eigenvalue weighted by molar-refractivity contribution is -0.122. The van der Waals surface area contributed by atoms with Crippen LogP contribution in [-0.4, -0.2) is 11.8 Å². The summed E-state index contributed by atoms with van der Waals surface area (Å²) in [4.78, 5) is 26.1. The van der Waals surface area contributed by atoms with Gasteiger partial charge in [0.25, 0.3) is 0 Å². The van der Waals surface area contributed by atoms with Crippen molar-refractivity contribution in [2.75, 3.05) is 4.90 Å². The van der Waals surface area contributed by atoms with E-state index in [9.17, 15) is 9.59 Å². The van der Waals surface area contributed by atoms with E-state index in [0.717, 1.165) is 34.9 Å². The molecule has 2 amide bonds. The second-order valence-corrected chi connectivity index (χ2v) is 6.23. The van der Waals surface area contributed by atoms with Crippen LogP contribution in [-0.2, 0) is 9.59 Å². The molecular formula is C14H14INO2. The number of imide groups is 1. The average Bonchev–Trinajstić information content (AvgIpc) is 2.64. The number of hydrogen-bond acceptors (Lipinski definition) is 2. The number of hydrogen-bond donors (Lipinski definition) is 0. The average molecular weight is 355 g/mol. The molecule has 1 aromatic rings. The van der Waals surface area contributed by atoms with Gasteiger partial charge in [-0.15, -0.1) is 0 Å². The Labute approximate surface area is 120 Å². The maximum Gasteiger partial charge on any atom is 0.237 e. The first-order valence-electron chi connectivity index (χ1n) is 6.32. The van der Waals surface area contributed by atoms with Gasteiger partial charge >= 0.3 is 0 Å². The Kier molecular flexibility index (Phi) is 3.13. The Morgan fingerprint density at radius 1 is 0.944 bits per heavy atom. The molecule has 1 saturated heterocycles. The molecule has 1 aromatic carbocycles. The first kappa shape index (κ1) is 12.1. The van der Waals surface area contributed by atoms with E-state index >= 15 is 0 Å². The first-order chi connectivity index (χ1) is 8.68. The number of halogens is 1. The van der Waals surface area contributed by atoms with Crippen LogP contribution in [0.4, 0.5) is 5.69 Å². The van der Waals surface area contributed by atoms with Crippen molar-refractivity contribution >= 4 is 40.1 Å². The molecule has 1 aliphatic carbocycles. The van der Waals surface area contributed by atoms with Gasteiger partial charge in [0.15, 0.2) is 0 Å². The Morgan fingerprint density at radius 2 is 1.44 bits per heavy atom. The van der Waals surface area contributed by atoms with Gasteiger partial charge in [-0.2, -0.15) is 0 Å². The van der Waals surface area contributed by atoms with Crippen LogP contribution in [0.3, 0.4) is 0 Å². The molecule has 4 heteroatoms. The van der Waals surface area contributed by atoms with Crippen LogP contribution < -0.4 is 4.90 Å². The zero-order valence-corrected chi connectivity index (χ0v) is 12.1. The van der Waals surface area contributed by atoms with E-state index < -0.39 is 0 Å². The summed E-state index contributed by atoms with van der Waals surface area (Å²) in [6.45, 7) is 0. The summed E-state index contributed by atoms with van der Waals surface area (Å²) in [6, 6.07) is 7.57. The van der Waals surface area contributed by atoms with Gasteiger partial charge in [0.2, 0.25) is 11.8 Å². The number of anilines is 1. The number of fused-ring (bicyclic) bond motifs is 1. The molecule has 2 aliphatic rings. The van der Waals surface area contributed by atoms with E-state index in [-0.39, 0.29) is 23.7 Å². The number of amides is 2. The van der Waals surface area contributed by atoms with E-state index in [0.29, 0.717) is 0 Å². The van der Waals surface area contributed by atoms with Crippen molar-refractivity contribution in [1.82, 2.24) is 0 Å². The molecular weight excluding hydrogens is 341 g/mol. The molecule has 1 saturated carbocycles. The van der Waals surface area contributed by atoms with E-state index in [1.165, 1.54) is 4.90 Å². The normalized spacial score (nSPS) is 27.5. The molecule has 18 heavy (non-hydrogen) atoms. The summed E-state index contributed by atoms with van der Waals surface area (Å²) in [5.74, 6) is -0.118. The highest BCUT2D eigenvalue weighted by atomic mass is 127. The number of nitrogens with zero attached hydrogens (tertiary/aromatic N) is 1. The van der Waals surface area contributed by atoms with Gasteiger partial charge in [-0.25, -0.2) is 0 Å². The topological polar surface area (TPSA) is 37.4 Å². The van der Waals surface area contributed by atoms with Crippen LogP contribution >= 0.6 is 22.6 Å². The number of carbonyl (C=O) groups is 2. The summed E-state index contributed by atoms with van der Waals surface area (Å²) in [5.41, 5.74) is 0.722. The van der Waals surface area contributed by atoms with Gasteiger partial charge in [-0.1, -0.05) is 12.8 Å². The molecule has 1 heterocycles. The lowest BCUT2D eigenvalue weighted by Gasteiger charge is -2.19. The Bertz CT molecular complexity index is 473. The van der Waals surface area contributed by atoms with Crippen LogP contribution in [0.25, 0.3) is 0 Å². The third-order valence-electron chi connectivity index (χ3n) is 3.93. The molecule has 2 atom stereocenters. The third-order valence-corrected chi connectivity index (χ3v) is 4.65. The quantitative estimate of drug-likeness (QED) is 0.574. The fourth-order valence-electron chi connectivity index (χ4n) is 3.01. The minimum absolute atomic E-state index is 0.00547. The highest BCUT2D eigenvalue weighted by Gasteiger charge is 2.48. The van der Waals surface area contributed by atoms with Crippen molar-refractivity contribution in [3.8, 4) is 0 Å². The molecule has 0 bridgehead atoms. The highest BCUT2D eigenvalue weighted by Crippen LogP contribution is 2.39. The maximum absolute atomic E-state index is 12.3. The lowest BCUT2D eigenvalue weighted by atomic mass is 9.81.